The topological polar surface area (TPSA) is 82.6 Å². The molecule has 2 aromatic rings. The molecule has 1 heterocycles. The zero-order chi connectivity index (χ0) is 20.3. The molecule has 3 rings (SSSR count). The van der Waals surface area contributed by atoms with Crippen LogP contribution in [0.3, 0.4) is 0 Å². The van der Waals surface area contributed by atoms with Crippen molar-refractivity contribution in [2.75, 3.05) is 11.9 Å². The molecular weight excluding hydrogens is 381 g/mol. The molecule has 0 fully saturated rings. The predicted molar refractivity (Wildman–Crippen MR) is 109 cm³/mol. The van der Waals surface area contributed by atoms with Gasteiger partial charge in [-0.05, 0) is 55.9 Å². The summed E-state index contributed by atoms with van der Waals surface area (Å²) < 4.78 is 19.4. The monoisotopic (exact) mass is 401 g/mol. The van der Waals surface area contributed by atoms with Crippen LogP contribution in [0.2, 0.25) is 0 Å². The number of nitrogens with one attached hydrogen (secondary N) is 3. The third-order valence-corrected chi connectivity index (χ3v) is 4.47. The zero-order valence-corrected chi connectivity index (χ0v) is 16.2. The number of ether oxygens (including phenoxy) is 1. The molecule has 6 nitrogen and oxygen atoms in total. The summed E-state index contributed by atoms with van der Waals surface area (Å²) in [5.41, 5.74) is 1.65. The van der Waals surface area contributed by atoms with Gasteiger partial charge in [-0.3, -0.25) is 4.79 Å². The molecule has 0 aromatic heterocycles. The first kappa shape index (κ1) is 19.6. The Kier molecular flexibility index (Phi) is 5.79. The van der Waals surface area contributed by atoms with Crippen LogP contribution >= 0.6 is 12.2 Å². The molecular formula is C20H20FN3O3S. The van der Waals surface area contributed by atoms with Gasteiger partial charge in [0, 0.05) is 5.70 Å². The largest absolute Gasteiger partial charge is 0.504 e. The third kappa shape index (κ3) is 4.07. The minimum Gasteiger partial charge on any atom is -0.504 e. The van der Waals surface area contributed by atoms with Gasteiger partial charge in [-0.2, -0.15) is 0 Å². The van der Waals surface area contributed by atoms with Gasteiger partial charge in [0.25, 0.3) is 5.91 Å². The van der Waals surface area contributed by atoms with Gasteiger partial charge in [0.1, 0.15) is 5.82 Å². The van der Waals surface area contributed by atoms with E-state index in [1.54, 1.807) is 38.1 Å². The number of halogens is 1. The fourth-order valence-electron chi connectivity index (χ4n) is 2.98. The van der Waals surface area contributed by atoms with Gasteiger partial charge in [-0.1, -0.05) is 18.2 Å². The summed E-state index contributed by atoms with van der Waals surface area (Å²) >= 11 is 5.23. The van der Waals surface area contributed by atoms with E-state index < -0.39 is 17.8 Å². The number of phenols is 1. The Morgan fingerprint density at radius 3 is 2.79 bits per heavy atom. The molecule has 0 saturated heterocycles. The van der Waals surface area contributed by atoms with E-state index in [1.165, 1.54) is 18.2 Å². The second-order valence-corrected chi connectivity index (χ2v) is 6.57. The third-order valence-electron chi connectivity index (χ3n) is 4.25. The number of aromatic hydroxyl groups is 1. The lowest BCUT2D eigenvalue weighted by Crippen LogP contribution is -2.45. The van der Waals surface area contributed by atoms with Crippen molar-refractivity contribution in [1.29, 1.82) is 0 Å². The van der Waals surface area contributed by atoms with Gasteiger partial charge in [-0.15, -0.1) is 0 Å². The molecule has 1 aliphatic heterocycles. The van der Waals surface area contributed by atoms with Crippen LogP contribution < -0.4 is 20.7 Å². The lowest BCUT2D eigenvalue weighted by Gasteiger charge is -2.30. The molecule has 8 heteroatoms. The Morgan fingerprint density at radius 2 is 2.07 bits per heavy atom. The summed E-state index contributed by atoms with van der Waals surface area (Å²) in [6, 6.07) is 10.2. The Bertz CT molecular complexity index is 961. The number of allylic oxidation sites excluding steroid dienone is 1. The van der Waals surface area contributed by atoms with E-state index in [1.807, 2.05) is 0 Å². The highest BCUT2D eigenvalue weighted by Crippen LogP contribution is 2.34. The van der Waals surface area contributed by atoms with Crippen LogP contribution in [0.15, 0.2) is 53.7 Å². The average Bonchev–Trinajstić information content (AvgIpc) is 2.65. The smallest absolute Gasteiger partial charge is 0.255 e. The first-order chi connectivity index (χ1) is 13.4. The molecule has 1 amide bonds. The highest BCUT2D eigenvalue weighted by molar-refractivity contribution is 7.80. The Balaban J connectivity index is 1.98. The first-order valence-electron chi connectivity index (χ1n) is 8.70. The number of benzene rings is 2. The van der Waals surface area contributed by atoms with E-state index in [0.717, 1.165) is 0 Å². The minimum absolute atomic E-state index is 0.000158. The molecule has 1 atom stereocenters. The average molecular weight is 401 g/mol. The number of hydrogen-bond acceptors (Lipinski definition) is 4. The molecule has 146 valence electrons. The van der Waals surface area contributed by atoms with Gasteiger partial charge < -0.3 is 25.8 Å². The van der Waals surface area contributed by atoms with Crippen LogP contribution in [0.4, 0.5) is 10.1 Å². The first-order valence-corrected chi connectivity index (χ1v) is 9.11. The number of para-hydroxylation sites is 1. The Labute approximate surface area is 167 Å². The molecule has 0 spiro atoms. The van der Waals surface area contributed by atoms with E-state index in [9.17, 15) is 14.3 Å². The number of rotatable bonds is 5. The van der Waals surface area contributed by atoms with Crippen LogP contribution in [0, 0.1) is 5.82 Å². The molecule has 0 aliphatic carbocycles. The number of hydrogen-bond donors (Lipinski definition) is 4. The molecule has 4 N–H and O–H groups in total. The van der Waals surface area contributed by atoms with Gasteiger partial charge in [-0.25, -0.2) is 4.39 Å². The van der Waals surface area contributed by atoms with Crippen molar-refractivity contribution in [1.82, 2.24) is 10.6 Å². The number of carbonyl (C=O) groups excluding carboxylic acids is 1. The van der Waals surface area contributed by atoms with Gasteiger partial charge in [0.15, 0.2) is 16.6 Å². The number of amides is 1. The van der Waals surface area contributed by atoms with Crippen LogP contribution in [0.25, 0.3) is 0 Å². The molecule has 0 bridgehead atoms. The van der Waals surface area contributed by atoms with Crippen molar-refractivity contribution in [2.45, 2.75) is 19.9 Å². The maximum Gasteiger partial charge on any atom is 0.255 e. The second kappa shape index (κ2) is 8.26. The van der Waals surface area contributed by atoms with Crippen molar-refractivity contribution in [3.63, 3.8) is 0 Å². The fraction of sp³-hybridized carbons (Fsp3) is 0.200. The minimum atomic E-state index is -0.597. The number of anilines is 1. The molecule has 0 unspecified atom stereocenters. The van der Waals surface area contributed by atoms with Crippen molar-refractivity contribution in [2.24, 2.45) is 0 Å². The maximum absolute atomic E-state index is 14.0. The molecule has 1 aliphatic rings. The SMILES string of the molecule is CCOc1cc([C@H]2NC(=S)NC(C)=C2C(=O)Nc2ccccc2F)ccc1O. The number of thiocarbonyl (C=S) groups is 1. The lowest BCUT2D eigenvalue weighted by molar-refractivity contribution is -0.113. The van der Waals surface area contributed by atoms with Gasteiger partial charge >= 0.3 is 0 Å². The summed E-state index contributed by atoms with van der Waals surface area (Å²) in [7, 11) is 0. The standard InChI is InChI=1S/C20H20FN3O3S/c1-3-27-16-10-12(8-9-15(16)25)18-17(11(2)22-20(28)24-18)19(26)23-14-7-5-4-6-13(14)21/h4-10,18,25H,3H2,1-2H3,(H,23,26)(H2,22,24,28)/t18-/m1/s1. The normalized spacial score (nSPS) is 16.2. The summed E-state index contributed by atoms with van der Waals surface area (Å²) in [4.78, 5) is 13.0. The number of carbonyl (C=O) groups is 1. The molecule has 2 aromatic carbocycles. The van der Waals surface area contributed by atoms with Crippen molar-refractivity contribution in [3.8, 4) is 11.5 Å². The van der Waals surface area contributed by atoms with E-state index >= 15 is 0 Å². The van der Waals surface area contributed by atoms with Crippen molar-refractivity contribution >= 4 is 28.9 Å². The Morgan fingerprint density at radius 1 is 1.32 bits per heavy atom. The molecule has 0 saturated carbocycles. The van der Waals surface area contributed by atoms with Crippen LogP contribution in [-0.4, -0.2) is 22.7 Å². The molecule has 28 heavy (non-hydrogen) atoms. The van der Waals surface area contributed by atoms with E-state index in [2.05, 4.69) is 16.0 Å². The zero-order valence-electron chi connectivity index (χ0n) is 15.4. The van der Waals surface area contributed by atoms with Gasteiger partial charge in [0.05, 0.1) is 23.9 Å². The predicted octanol–water partition coefficient (Wildman–Crippen LogP) is 3.36. The molecule has 0 radical (unpaired) electrons. The summed E-state index contributed by atoms with van der Waals surface area (Å²) in [5, 5.41) is 18.9. The fourth-order valence-corrected chi connectivity index (χ4v) is 3.25. The van der Waals surface area contributed by atoms with Gasteiger partial charge in [0.2, 0.25) is 0 Å². The van der Waals surface area contributed by atoms with Crippen molar-refractivity contribution < 1.29 is 19.0 Å². The summed E-state index contributed by atoms with van der Waals surface area (Å²) in [6.07, 6.45) is 0. The summed E-state index contributed by atoms with van der Waals surface area (Å²) in [5.74, 6) is -0.694. The quantitative estimate of drug-likeness (QED) is 0.575. The van der Waals surface area contributed by atoms with E-state index in [-0.39, 0.29) is 11.4 Å². The second-order valence-electron chi connectivity index (χ2n) is 6.16. The van der Waals surface area contributed by atoms with Crippen molar-refractivity contribution in [3.05, 3.63) is 65.1 Å². The number of phenolic OH excluding ortho intramolecular Hbond substituents is 1. The van der Waals surface area contributed by atoms with E-state index in [0.29, 0.717) is 34.3 Å². The Hall–Kier alpha value is -3.13. The van der Waals surface area contributed by atoms with Crippen LogP contribution in [-0.2, 0) is 4.79 Å². The van der Waals surface area contributed by atoms with Crippen LogP contribution in [0.1, 0.15) is 25.5 Å². The highest BCUT2D eigenvalue weighted by Gasteiger charge is 2.30. The van der Waals surface area contributed by atoms with E-state index in [4.69, 9.17) is 17.0 Å². The van der Waals surface area contributed by atoms with Crippen LogP contribution in [0.5, 0.6) is 11.5 Å². The highest BCUT2D eigenvalue weighted by atomic mass is 32.1. The lowest BCUT2D eigenvalue weighted by atomic mass is 9.94. The maximum atomic E-state index is 14.0. The summed E-state index contributed by atoms with van der Waals surface area (Å²) in [6.45, 7) is 3.91.